The number of aryl methyl sites for hydroxylation is 2. The summed E-state index contributed by atoms with van der Waals surface area (Å²) in [6, 6.07) is 10.5. The van der Waals surface area contributed by atoms with Crippen molar-refractivity contribution in [3.63, 3.8) is 0 Å². The van der Waals surface area contributed by atoms with E-state index in [0.717, 1.165) is 30.9 Å². The van der Waals surface area contributed by atoms with Crippen molar-refractivity contribution in [3.8, 4) is 11.5 Å². The van der Waals surface area contributed by atoms with Crippen LogP contribution in [0.1, 0.15) is 17.8 Å². The van der Waals surface area contributed by atoms with Gasteiger partial charge in [-0.2, -0.15) is 9.78 Å². The van der Waals surface area contributed by atoms with E-state index in [4.69, 9.17) is 0 Å². The highest BCUT2D eigenvalue weighted by Gasteiger charge is 2.22. The van der Waals surface area contributed by atoms with Gasteiger partial charge in [0.2, 0.25) is 0 Å². The van der Waals surface area contributed by atoms with E-state index < -0.39 is 0 Å². The second-order valence-corrected chi connectivity index (χ2v) is 7.32. The Bertz CT molecular complexity index is 1290. The number of nitrogens with zero attached hydrogens (tertiary/aromatic N) is 5. The summed E-state index contributed by atoms with van der Waals surface area (Å²) in [5.41, 5.74) is 2.65. The van der Waals surface area contributed by atoms with Crippen LogP contribution >= 0.6 is 0 Å². The maximum atomic E-state index is 14.8. The molecule has 4 heterocycles. The predicted molar refractivity (Wildman–Crippen MR) is 111 cm³/mol. The van der Waals surface area contributed by atoms with Crippen molar-refractivity contribution in [1.82, 2.24) is 19.3 Å². The number of hydrogen-bond acceptors (Lipinski definition) is 4. The zero-order chi connectivity index (χ0) is 20.1. The zero-order valence-electron chi connectivity index (χ0n) is 16.3. The Labute approximate surface area is 166 Å². The molecule has 146 valence electrons. The van der Waals surface area contributed by atoms with Crippen LogP contribution in [0, 0.1) is 19.7 Å². The smallest absolute Gasteiger partial charge is 0.282 e. The van der Waals surface area contributed by atoms with Gasteiger partial charge >= 0.3 is 0 Å². The lowest BCUT2D eigenvalue weighted by atomic mass is 10.1. The second kappa shape index (κ2) is 6.55. The van der Waals surface area contributed by atoms with E-state index in [9.17, 15) is 9.18 Å². The first-order valence-corrected chi connectivity index (χ1v) is 9.62. The summed E-state index contributed by atoms with van der Waals surface area (Å²) < 4.78 is 17.9. The van der Waals surface area contributed by atoms with Crippen LogP contribution in [0.4, 0.5) is 10.1 Å². The average molecular weight is 389 g/mol. The van der Waals surface area contributed by atoms with Gasteiger partial charge in [0, 0.05) is 41.7 Å². The topological polar surface area (TPSA) is 56.0 Å². The fourth-order valence-corrected chi connectivity index (χ4v) is 4.01. The molecule has 0 amide bonds. The zero-order valence-corrected chi connectivity index (χ0v) is 16.3. The van der Waals surface area contributed by atoms with Crippen LogP contribution in [-0.4, -0.2) is 32.4 Å². The van der Waals surface area contributed by atoms with Crippen LogP contribution in [0.5, 0.6) is 0 Å². The Morgan fingerprint density at radius 3 is 2.59 bits per heavy atom. The van der Waals surface area contributed by atoms with Gasteiger partial charge in [0.1, 0.15) is 5.82 Å². The third kappa shape index (κ3) is 2.65. The molecule has 0 N–H and O–H groups in total. The number of anilines is 1. The fourth-order valence-electron chi connectivity index (χ4n) is 4.01. The normalized spacial score (nSPS) is 13.7. The molecule has 1 aromatic carbocycles. The molecule has 0 unspecified atom stereocenters. The van der Waals surface area contributed by atoms with Gasteiger partial charge in [0.05, 0.1) is 17.3 Å². The molecule has 0 aliphatic carbocycles. The number of fused-ring (bicyclic) bond motifs is 1. The number of hydrogen-bond donors (Lipinski definition) is 0. The van der Waals surface area contributed by atoms with Crippen LogP contribution in [-0.2, 0) is 0 Å². The first-order chi connectivity index (χ1) is 14.1. The molecule has 0 radical (unpaired) electrons. The van der Waals surface area contributed by atoms with Crippen molar-refractivity contribution < 1.29 is 4.39 Å². The minimum atomic E-state index is -0.321. The highest BCUT2D eigenvalue weighted by Crippen LogP contribution is 2.31. The van der Waals surface area contributed by atoms with Gasteiger partial charge in [0.15, 0.2) is 5.82 Å². The number of halogens is 1. The Hall–Kier alpha value is -3.48. The lowest BCUT2D eigenvalue weighted by Gasteiger charge is -2.33. The van der Waals surface area contributed by atoms with Crippen molar-refractivity contribution >= 4 is 16.5 Å². The van der Waals surface area contributed by atoms with Crippen LogP contribution in [0.15, 0.2) is 53.6 Å². The van der Waals surface area contributed by atoms with E-state index in [1.54, 1.807) is 30.6 Å². The van der Waals surface area contributed by atoms with Crippen LogP contribution < -0.4 is 10.5 Å². The van der Waals surface area contributed by atoms with Crippen molar-refractivity contribution in [2.45, 2.75) is 20.3 Å². The van der Waals surface area contributed by atoms with Crippen LogP contribution in [0.2, 0.25) is 0 Å². The molecule has 1 fully saturated rings. The standard InChI is InChI=1S/C22H20FN5O/c1-14-17-13-25-28(20-6-3-4-9-24-20)22(29)21(17)15(2)27(14)19-12-16(7-8-18(19)23)26-10-5-11-26/h3-4,6-9,12-13H,5,10-11H2,1-2H3. The minimum Gasteiger partial charge on any atom is -0.371 e. The Balaban J connectivity index is 1.74. The summed E-state index contributed by atoms with van der Waals surface area (Å²) in [6.45, 7) is 5.69. The van der Waals surface area contributed by atoms with Crippen molar-refractivity contribution in [1.29, 1.82) is 0 Å². The fraction of sp³-hybridized carbons (Fsp3) is 0.227. The Morgan fingerprint density at radius 2 is 1.90 bits per heavy atom. The highest BCUT2D eigenvalue weighted by molar-refractivity contribution is 5.88. The lowest BCUT2D eigenvalue weighted by Crippen LogP contribution is -2.37. The number of aromatic nitrogens is 4. The molecule has 1 aliphatic heterocycles. The number of rotatable bonds is 3. The van der Waals surface area contributed by atoms with Gasteiger partial charge in [-0.1, -0.05) is 6.07 Å². The SMILES string of the molecule is Cc1c2cnn(-c3ccccn3)c(=O)c2c(C)n1-c1cc(N2CCC2)ccc1F. The van der Waals surface area contributed by atoms with Gasteiger partial charge < -0.3 is 9.47 Å². The lowest BCUT2D eigenvalue weighted by molar-refractivity contribution is 0.604. The van der Waals surface area contributed by atoms with Gasteiger partial charge in [-0.05, 0) is 50.6 Å². The molecule has 1 aliphatic rings. The minimum absolute atomic E-state index is 0.264. The van der Waals surface area contributed by atoms with Gasteiger partial charge in [-0.15, -0.1) is 0 Å². The molecule has 0 spiro atoms. The Morgan fingerprint density at radius 1 is 1.07 bits per heavy atom. The summed E-state index contributed by atoms with van der Waals surface area (Å²) in [4.78, 5) is 19.6. The molecule has 5 rings (SSSR count). The van der Waals surface area contributed by atoms with Crippen LogP contribution in [0.25, 0.3) is 22.3 Å². The van der Waals surface area contributed by atoms with Gasteiger partial charge in [-0.3, -0.25) is 4.79 Å². The summed E-state index contributed by atoms with van der Waals surface area (Å²) in [7, 11) is 0. The molecule has 0 saturated carbocycles. The first-order valence-electron chi connectivity index (χ1n) is 9.62. The molecule has 6 nitrogen and oxygen atoms in total. The average Bonchev–Trinajstić information content (AvgIpc) is 2.94. The molecule has 7 heteroatoms. The molecule has 1 saturated heterocycles. The molecule has 0 bridgehead atoms. The summed E-state index contributed by atoms with van der Waals surface area (Å²) in [6.07, 6.45) is 4.42. The maximum absolute atomic E-state index is 14.8. The maximum Gasteiger partial charge on any atom is 0.282 e. The third-order valence-corrected chi connectivity index (χ3v) is 5.66. The van der Waals surface area contributed by atoms with E-state index >= 15 is 0 Å². The monoisotopic (exact) mass is 389 g/mol. The molecule has 29 heavy (non-hydrogen) atoms. The summed E-state index contributed by atoms with van der Waals surface area (Å²) in [5.74, 6) is 0.133. The molecular weight excluding hydrogens is 369 g/mol. The number of pyridine rings is 1. The van der Waals surface area contributed by atoms with Crippen molar-refractivity contribution in [2.24, 2.45) is 0 Å². The van der Waals surface area contributed by atoms with E-state index in [-0.39, 0.29) is 11.4 Å². The van der Waals surface area contributed by atoms with Crippen LogP contribution in [0.3, 0.4) is 0 Å². The molecular formula is C22H20FN5O. The second-order valence-electron chi connectivity index (χ2n) is 7.32. The predicted octanol–water partition coefficient (Wildman–Crippen LogP) is 3.54. The van der Waals surface area contributed by atoms with Gasteiger partial charge in [0.25, 0.3) is 5.56 Å². The van der Waals surface area contributed by atoms with E-state index in [0.29, 0.717) is 28.0 Å². The third-order valence-electron chi connectivity index (χ3n) is 5.66. The largest absolute Gasteiger partial charge is 0.371 e. The molecule has 0 atom stereocenters. The summed E-state index contributed by atoms with van der Waals surface area (Å²) in [5, 5.41) is 5.54. The molecule has 4 aromatic rings. The van der Waals surface area contributed by atoms with E-state index in [1.807, 2.05) is 30.5 Å². The highest BCUT2D eigenvalue weighted by atomic mass is 19.1. The van der Waals surface area contributed by atoms with Crippen molar-refractivity contribution in [2.75, 3.05) is 18.0 Å². The Kier molecular flexibility index (Phi) is 3.97. The molecule has 3 aromatic heterocycles. The van der Waals surface area contributed by atoms with E-state index in [2.05, 4.69) is 15.0 Å². The van der Waals surface area contributed by atoms with E-state index in [1.165, 1.54) is 10.7 Å². The first kappa shape index (κ1) is 17.6. The van der Waals surface area contributed by atoms with Gasteiger partial charge in [-0.25, -0.2) is 9.37 Å². The van der Waals surface area contributed by atoms with Crippen molar-refractivity contribution in [3.05, 3.63) is 76.4 Å². The summed E-state index contributed by atoms with van der Waals surface area (Å²) >= 11 is 0. The quantitative estimate of drug-likeness (QED) is 0.538. The number of benzene rings is 1.